The molecule has 0 aromatic carbocycles. The highest BCUT2D eigenvalue weighted by atomic mass is 16.5. The summed E-state index contributed by atoms with van der Waals surface area (Å²) in [4.78, 5) is 21.0. The Balaban J connectivity index is 0. The van der Waals surface area contributed by atoms with Gasteiger partial charge in [-0.1, -0.05) is 13.2 Å². The molecule has 0 amide bonds. The zero-order valence-electron chi connectivity index (χ0n) is 12.3. The third kappa shape index (κ3) is 16.2. The number of carbonyl (C=O) groups excluding carboxylic acids is 2. The number of hydrogen-bond donors (Lipinski definition) is 3. The van der Waals surface area contributed by atoms with Gasteiger partial charge in [0, 0.05) is 18.3 Å². The van der Waals surface area contributed by atoms with Crippen LogP contribution in [0.1, 0.15) is 19.8 Å². The molecule has 0 rings (SSSR count). The van der Waals surface area contributed by atoms with E-state index < -0.39 is 18.7 Å². The van der Waals surface area contributed by atoms with Gasteiger partial charge in [0.05, 0.1) is 13.2 Å². The van der Waals surface area contributed by atoms with E-state index in [0.717, 1.165) is 6.08 Å². The van der Waals surface area contributed by atoms with E-state index in [0.29, 0.717) is 25.0 Å². The summed E-state index contributed by atoms with van der Waals surface area (Å²) in [6.07, 6.45) is 1.37. The molecule has 3 N–H and O–H groups in total. The molecule has 122 valence electrons. The molecular weight excluding hydrogens is 280 g/mol. The van der Waals surface area contributed by atoms with E-state index in [4.69, 9.17) is 20.1 Å². The van der Waals surface area contributed by atoms with Gasteiger partial charge >= 0.3 is 11.9 Å². The van der Waals surface area contributed by atoms with Gasteiger partial charge in [0.2, 0.25) is 0 Å². The van der Waals surface area contributed by atoms with Crippen LogP contribution in [0.3, 0.4) is 0 Å². The first-order valence-corrected chi connectivity index (χ1v) is 6.40. The summed E-state index contributed by atoms with van der Waals surface area (Å²) in [5, 5.41) is 25.3. The van der Waals surface area contributed by atoms with Crippen LogP contribution in [-0.4, -0.2) is 59.8 Å². The summed E-state index contributed by atoms with van der Waals surface area (Å²) >= 11 is 0. The van der Waals surface area contributed by atoms with E-state index in [1.165, 1.54) is 0 Å². The molecule has 7 nitrogen and oxygen atoms in total. The molecule has 21 heavy (non-hydrogen) atoms. The van der Waals surface area contributed by atoms with Gasteiger partial charge in [0.25, 0.3) is 0 Å². The Kier molecular flexibility index (Phi) is 15.1. The molecule has 0 fully saturated rings. The molecule has 7 heteroatoms. The second kappa shape index (κ2) is 14.7. The van der Waals surface area contributed by atoms with Crippen LogP contribution in [0.2, 0.25) is 0 Å². The number of hydrogen-bond acceptors (Lipinski definition) is 7. The normalized spacial score (nSPS) is 10.7. The summed E-state index contributed by atoms with van der Waals surface area (Å²) in [5.41, 5.74) is 0.411. The molecule has 0 heterocycles. The lowest BCUT2D eigenvalue weighted by atomic mass is 10.3. The lowest BCUT2D eigenvalue weighted by Crippen LogP contribution is -2.21. The van der Waals surface area contributed by atoms with Crippen molar-refractivity contribution < 1.29 is 34.4 Å². The maximum atomic E-state index is 10.7. The van der Waals surface area contributed by atoms with Crippen molar-refractivity contribution in [1.82, 2.24) is 0 Å². The maximum Gasteiger partial charge on any atom is 0.333 e. The quantitative estimate of drug-likeness (QED) is 0.311. The van der Waals surface area contributed by atoms with E-state index in [-0.39, 0.29) is 19.2 Å². The Morgan fingerprint density at radius 2 is 1.86 bits per heavy atom. The highest BCUT2D eigenvalue weighted by Crippen LogP contribution is 1.94. The molecule has 0 aromatic heterocycles. The van der Waals surface area contributed by atoms with E-state index >= 15 is 0 Å². The minimum absolute atomic E-state index is 0.143. The van der Waals surface area contributed by atoms with Crippen LogP contribution >= 0.6 is 0 Å². The summed E-state index contributed by atoms with van der Waals surface area (Å²) in [7, 11) is 0. The number of carbonyl (C=O) groups is 2. The van der Waals surface area contributed by atoms with Gasteiger partial charge in [-0.25, -0.2) is 9.59 Å². The standard InChI is InChI=1S/C8H14O3.C6H10O4/c1-7(2)8(10)11-6-4-3-5-9;1-2-6(9)10-4-5(8)3-7/h9H,1,3-6H2,2H3;2,5,7-8H,1,3-4H2. The third-order valence-electron chi connectivity index (χ3n) is 1.93. The van der Waals surface area contributed by atoms with Gasteiger partial charge in [-0.05, 0) is 19.8 Å². The number of ether oxygens (including phenoxy) is 2. The zero-order chi connectivity index (χ0) is 16.7. The van der Waals surface area contributed by atoms with Crippen LogP contribution in [0.5, 0.6) is 0 Å². The van der Waals surface area contributed by atoms with Crippen molar-refractivity contribution in [2.45, 2.75) is 25.9 Å². The number of esters is 2. The summed E-state index contributed by atoms with van der Waals surface area (Å²) < 4.78 is 9.13. The molecule has 0 spiro atoms. The molecule has 0 aliphatic rings. The van der Waals surface area contributed by atoms with Crippen molar-refractivity contribution >= 4 is 11.9 Å². The molecule has 0 bridgehead atoms. The van der Waals surface area contributed by atoms with Crippen LogP contribution < -0.4 is 0 Å². The van der Waals surface area contributed by atoms with Gasteiger partial charge in [-0.2, -0.15) is 0 Å². The monoisotopic (exact) mass is 304 g/mol. The zero-order valence-corrected chi connectivity index (χ0v) is 12.3. The Hall–Kier alpha value is -1.70. The van der Waals surface area contributed by atoms with Gasteiger partial charge in [-0.15, -0.1) is 0 Å². The third-order valence-corrected chi connectivity index (χ3v) is 1.93. The Morgan fingerprint density at radius 3 is 2.29 bits per heavy atom. The molecule has 0 aliphatic carbocycles. The van der Waals surface area contributed by atoms with Crippen molar-refractivity contribution in [3.63, 3.8) is 0 Å². The Bertz CT molecular complexity index is 325. The fourth-order valence-electron chi connectivity index (χ4n) is 0.792. The van der Waals surface area contributed by atoms with Gasteiger partial charge in [-0.3, -0.25) is 0 Å². The molecule has 0 aromatic rings. The van der Waals surface area contributed by atoms with Crippen LogP contribution in [-0.2, 0) is 19.1 Å². The Labute approximate surface area is 124 Å². The van der Waals surface area contributed by atoms with Crippen LogP contribution in [0.15, 0.2) is 24.8 Å². The fourth-order valence-corrected chi connectivity index (χ4v) is 0.792. The second-order valence-electron chi connectivity index (χ2n) is 4.02. The number of aliphatic hydroxyl groups excluding tert-OH is 3. The number of aliphatic hydroxyl groups is 3. The molecule has 0 saturated heterocycles. The highest BCUT2D eigenvalue weighted by molar-refractivity contribution is 5.86. The number of unbranched alkanes of at least 4 members (excludes halogenated alkanes) is 1. The lowest BCUT2D eigenvalue weighted by molar-refractivity contribution is -0.141. The summed E-state index contributed by atoms with van der Waals surface area (Å²) in [6.45, 7) is 8.09. The Morgan fingerprint density at radius 1 is 1.24 bits per heavy atom. The second-order valence-corrected chi connectivity index (χ2v) is 4.02. The average Bonchev–Trinajstić information content (AvgIpc) is 2.48. The van der Waals surface area contributed by atoms with Crippen molar-refractivity contribution in [2.75, 3.05) is 26.4 Å². The maximum absolute atomic E-state index is 10.7. The molecule has 0 aliphatic heterocycles. The van der Waals surface area contributed by atoms with E-state index in [2.05, 4.69) is 17.9 Å². The van der Waals surface area contributed by atoms with Crippen LogP contribution in [0.4, 0.5) is 0 Å². The smallest absolute Gasteiger partial charge is 0.333 e. The summed E-state index contributed by atoms with van der Waals surface area (Å²) in [6, 6.07) is 0. The molecule has 1 unspecified atom stereocenters. The first-order valence-electron chi connectivity index (χ1n) is 6.40. The van der Waals surface area contributed by atoms with Crippen LogP contribution in [0.25, 0.3) is 0 Å². The van der Waals surface area contributed by atoms with Gasteiger partial charge < -0.3 is 24.8 Å². The predicted molar refractivity (Wildman–Crippen MR) is 76.3 cm³/mol. The van der Waals surface area contributed by atoms with Gasteiger partial charge in [0.15, 0.2) is 0 Å². The van der Waals surface area contributed by atoms with E-state index in [1.807, 2.05) is 0 Å². The molecule has 0 saturated carbocycles. The average molecular weight is 304 g/mol. The van der Waals surface area contributed by atoms with Crippen LogP contribution in [0, 0.1) is 0 Å². The van der Waals surface area contributed by atoms with E-state index in [1.54, 1.807) is 6.92 Å². The molecule has 1 atom stereocenters. The SMILES string of the molecule is C=C(C)C(=O)OCCCCO.C=CC(=O)OCC(O)CO. The number of rotatable bonds is 9. The van der Waals surface area contributed by atoms with Crippen molar-refractivity contribution in [3.8, 4) is 0 Å². The van der Waals surface area contributed by atoms with Crippen molar-refractivity contribution in [2.24, 2.45) is 0 Å². The topological polar surface area (TPSA) is 113 Å². The van der Waals surface area contributed by atoms with Crippen molar-refractivity contribution in [3.05, 3.63) is 24.8 Å². The molecular formula is C14H24O7. The van der Waals surface area contributed by atoms with E-state index in [9.17, 15) is 9.59 Å². The molecule has 0 radical (unpaired) electrons. The minimum Gasteiger partial charge on any atom is -0.462 e. The predicted octanol–water partition coefficient (Wildman–Crippen LogP) is -0.0530. The minimum atomic E-state index is -0.996. The highest BCUT2D eigenvalue weighted by Gasteiger charge is 2.03. The van der Waals surface area contributed by atoms with Crippen molar-refractivity contribution in [1.29, 1.82) is 0 Å². The fraction of sp³-hybridized carbons (Fsp3) is 0.571. The first-order chi connectivity index (χ1) is 9.88. The lowest BCUT2D eigenvalue weighted by Gasteiger charge is -2.05. The largest absolute Gasteiger partial charge is 0.462 e. The first kappa shape index (κ1) is 21.6. The summed E-state index contributed by atoms with van der Waals surface area (Å²) in [5.74, 6) is -0.963. The van der Waals surface area contributed by atoms with Gasteiger partial charge in [0.1, 0.15) is 12.7 Å².